The normalized spacial score (nSPS) is 17.5. The number of hydrogen-bond donors (Lipinski definition) is 0. The average molecular weight is 456 g/mol. The first-order valence-corrected chi connectivity index (χ1v) is 11.7. The number of piperazine rings is 1. The number of hydrogen-bond acceptors (Lipinski definition) is 3. The van der Waals surface area contributed by atoms with E-state index in [0.717, 1.165) is 69.8 Å². The van der Waals surface area contributed by atoms with Crippen LogP contribution in [-0.2, 0) is 19.1 Å². The van der Waals surface area contributed by atoms with E-state index in [9.17, 15) is 18.0 Å². The minimum absolute atomic E-state index is 0.262. The van der Waals surface area contributed by atoms with Crippen molar-refractivity contribution >= 4 is 22.2 Å². The Morgan fingerprint density at radius 1 is 0.848 bits per heavy atom. The van der Waals surface area contributed by atoms with Gasteiger partial charge in [-0.2, -0.15) is 13.2 Å². The van der Waals surface area contributed by atoms with E-state index in [4.69, 9.17) is 0 Å². The zero-order chi connectivity index (χ0) is 23.0. The van der Waals surface area contributed by atoms with Crippen LogP contribution in [0.3, 0.4) is 0 Å². The van der Waals surface area contributed by atoms with Crippen molar-refractivity contribution in [2.75, 3.05) is 37.6 Å². The van der Waals surface area contributed by atoms with E-state index in [1.165, 1.54) is 11.8 Å². The summed E-state index contributed by atoms with van der Waals surface area (Å²) in [5.41, 5.74) is 2.39. The molecule has 0 saturated carbocycles. The summed E-state index contributed by atoms with van der Waals surface area (Å²) in [6, 6.07) is 11.6. The SMILES string of the molecule is O=C1CCCc2c1ccn2CCCN1CCN(c2ccc(C(F)(F)F)c3ccccc23)CC1. The van der Waals surface area contributed by atoms with Gasteiger partial charge in [-0.1, -0.05) is 24.3 Å². The Labute approximate surface area is 191 Å². The van der Waals surface area contributed by atoms with Crippen molar-refractivity contribution in [1.82, 2.24) is 9.47 Å². The van der Waals surface area contributed by atoms with Gasteiger partial charge >= 0.3 is 6.18 Å². The summed E-state index contributed by atoms with van der Waals surface area (Å²) >= 11 is 0. The fraction of sp³-hybridized carbons (Fsp3) is 0.423. The van der Waals surface area contributed by atoms with Crippen LogP contribution in [0.4, 0.5) is 18.9 Å². The lowest BCUT2D eigenvalue weighted by Gasteiger charge is -2.37. The van der Waals surface area contributed by atoms with Crippen LogP contribution in [0.1, 0.15) is 40.9 Å². The molecule has 0 N–H and O–H groups in total. The van der Waals surface area contributed by atoms with Crippen LogP contribution in [0, 0.1) is 0 Å². The first kappa shape index (κ1) is 22.0. The van der Waals surface area contributed by atoms with Gasteiger partial charge in [0.25, 0.3) is 0 Å². The molecular weight excluding hydrogens is 427 g/mol. The Bertz CT molecular complexity index is 1160. The molecule has 0 bridgehead atoms. The third kappa shape index (κ3) is 4.38. The Kier molecular flexibility index (Phi) is 5.91. The molecule has 1 aliphatic heterocycles. The molecule has 5 rings (SSSR count). The number of halogens is 3. The number of benzene rings is 2. The van der Waals surface area contributed by atoms with Crippen molar-refractivity contribution in [1.29, 1.82) is 0 Å². The second-order valence-corrected chi connectivity index (χ2v) is 9.00. The molecule has 1 aliphatic carbocycles. The topological polar surface area (TPSA) is 28.5 Å². The molecule has 1 fully saturated rings. The first-order chi connectivity index (χ1) is 15.9. The molecule has 1 saturated heterocycles. The second kappa shape index (κ2) is 8.86. The van der Waals surface area contributed by atoms with Gasteiger partial charge in [0.05, 0.1) is 5.56 Å². The van der Waals surface area contributed by atoms with E-state index in [0.29, 0.717) is 11.8 Å². The molecule has 3 aromatic rings. The van der Waals surface area contributed by atoms with Gasteiger partial charge in [0, 0.05) is 67.7 Å². The molecule has 2 aliphatic rings. The van der Waals surface area contributed by atoms with Gasteiger partial charge in [0.15, 0.2) is 5.78 Å². The molecule has 0 unspecified atom stereocenters. The van der Waals surface area contributed by atoms with Gasteiger partial charge in [-0.25, -0.2) is 0 Å². The minimum atomic E-state index is -4.36. The Morgan fingerprint density at radius 2 is 1.61 bits per heavy atom. The van der Waals surface area contributed by atoms with Gasteiger partial charge in [-0.15, -0.1) is 0 Å². The molecule has 7 heteroatoms. The predicted molar refractivity (Wildman–Crippen MR) is 124 cm³/mol. The summed E-state index contributed by atoms with van der Waals surface area (Å²) in [5.74, 6) is 0.266. The molecule has 33 heavy (non-hydrogen) atoms. The summed E-state index contributed by atoms with van der Waals surface area (Å²) in [6.45, 7) is 5.25. The monoisotopic (exact) mass is 455 g/mol. The third-order valence-corrected chi connectivity index (χ3v) is 6.99. The van der Waals surface area contributed by atoms with Gasteiger partial charge in [0.1, 0.15) is 0 Å². The first-order valence-electron chi connectivity index (χ1n) is 11.7. The third-order valence-electron chi connectivity index (χ3n) is 6.99. The van der Waals surface area contributed by atoms with E-state index >= 15 is 0 Å². The highest BCUT2D eigenvalue weighted by molar-refractivity contribution is 5.98. The van der Waals surface area contributed by atoms with Gasteiger partial charge in [-0.3, -0.25) is 9.69 Å². The lowest BCUT2D eigenvalue weighted by Crippen LogP contribution is -2.46. The van der Waals surface area contributed by atoms with Crippen molar-refractivity contribution in [2.24, 2.45) is 0 Å². The summed E-state index contributed by atoms with van der Waals surface area (Å²) in [7, 11) is 0. The van der Waals surface area contributed by atoms with Crippen molar-refractivity contribution in [3.63, 3.8) is 0 Å². The number of Topliss-reactive ketones (excluding diaryl/α,β-unsaturated/α-hetero) is 1. The quantitative estimate of drug-likeness (QED) is 0.516. The Balaban J connectivity index is 1.20. The molecule has 0 amide bonds. The Hall–Kier alpha value is -2.80. The van der Waals surface area contributed by atoms with Crippen LogP contribution in [0.15, 0.2) is 48.7 Å². The number of nitrogens with zero attached hydrogens (tertiary/aromatic N) is 3. The van der Waals surface area contributed by atoms with Crippen molar-refractivity contribution in [3.05, 3.63) is 65.5 Å². The molecule has 2 aromatic carbocycles. The molecular formula is C26H28F3N3O. The smallest absolute Gasteiger partial charge is 0.368 e. The van der Waals surface area contributed by atoms with E-state index in [2.05, 4.69) is 14.4 Å². The van der Waals surface area contributed by atoms with Gasteiger partial charge in [0.2, 0.25) is 0 Å². The van der Waals surface area contributed by atoms with Gasteiger partial charge < -0.3 is 9.47 Å². The number of fused-ring (bicyclic) bond motifs is 2. The lowest BCUT2D eigenvalue weighted by molar-refractivity contribution is -0.136. The van der Waals surface area contributed by atoms with Crippen LogP contribution in [0.25, 0.3) is 10.8 Å². The standard InChI is InChI=1S/C26H28F3N3O/c27-26(28,29)22-9-10-24(20-6-2-1-5-19(20)22)32-17-15-30(16-18-32)12-4-13-31-14-11-21-23(31)7-3-8-25(21)33/h1-2,5-6,9-11,14H,3-4,7-8,12-13,15-18H2. The number of carbonyl (C=O) groups is 1. The maximum Gasteiger partial charge on any atom is 0.417 e. The van der Waals surface area contributed by atoms with Crippen LogP contribution >= 0.6 is 0 Å². The minimum Gasteiger partial charge on any atom is -0.368 e. The molecule has 0 atom stereocenters. The van der Waals surface area contributed by atoms with E-state index in [-0.39, 0.29) is 11.2 Å². The summed E-state index contributed by atoms with van der Waals surface area (Å²) < 4.78 is 42.5. The Morgan fingerprint density at radius 3 is 2.36 bits per heavy atom. The molecule has 1 aromatic heterocycles. The molecule has 4 nitrogen and oxygen atoms in total. The maximum atomic E-state index is 13.4. The average Bonchev–Trinajstić information content (AvgIpc) is 3.23. The van der Waals surface area contributed by atoms with Crippen LogP contribution in [0.2, 0.25) is 0 Å². The maximum absolute atomic E-state index is 13.4. The number of alkyl halides is 3. The molecule has 174 valence electrons. The number of aromatic nitrogens is 1. The highest BCUT2D eigenvalue weighted by Gasteiger charge is 2.33. The van der Waals surface area contributed by atoms with E-state index < -0.39 is 11.7 Å². The summed E-state index contributed by atoms with van der Waals surface area (Å²) in [6.07, 6.45) is 1.28. The second-order valence-electron chi connectivity index (χ2n) is 9.00. The number of ketones is 1. The number of aryl methyl sites for hydroxylation is 1. The number of anilines is 1. The van der Waals surface area contributed by atoms with Crippen LogP contribution < -0.4 is 4.90 Å². The zero-order valence-corrected chi connectivity index (χ0v) is 18.6. The molecule has 2 heterocycles. The zero-order valence-electron chi connectivity index (χ0n) is 18.6. The largest absolute Gasteiger partial charge is 0.417 e. The van der Waals surface area contributed by atoms with E-state index in [1.54, 1.807) is 30.3 Å². The summed E-state index contributed by atoms with van der Waals surface area (Å²) in [5, 5.41) is 0.922. The van der Waals surface area contributed by atoms with Gasteiger partial charge in [-0.05, 0) is 49.4 Å². The van der Waals surface area contributed by atoms with Crippen LogP contribution in [0.5, 0.6) is 0 Å². The highest BCUT2D eigenvalue weighted by atomic mass is 19.4. The number of rotatable bonds is 5. The fourth-order valence-electron chi connectivity index (χ4n) is 5.28. The van der Waals surface area contributed by atoms with Crippen LogP contribution in [-0.4, -0.2) is 48.0 Å². The fourth-order valence-corrected chi connectivity index (χ4v) is 5.28. The van der Waals surface area contributed by atoms with Crippen molar-refractivity contribution in [2.45, 2.75) is 38.4 Å². The van der Waals surface area contributed by atoms with E-state index in [1.807, 2.05) is 12.3 Å². The lowest BCUT2D eigenvalue weighted by atomic mass is 9.97. The van der Waals surface area contributed by atoms with Crippen molar-refractivity contribution in [3.8, 4) is 0 Å². The summed E-state index contributed by atoms with van der Waals surface area (Å²) in [4.78, 5) is 16.7. The number of carbonyl (C=O) groups excluding carboxylic acids is 1. The molecule has 0 radical (unpaired) electrons. The molecule has 0 spiro atoms. The highest BCUT2D eigenvalue weighted by Crippen LogP contribution is 2.38. The predicted octanol–water partition coefficient (Wildman–Crippen LogP) is 5.39. The van der Waals surface area contributed by atoms with Crippen molar-refractivity contribution < 1.29 is 18.0 Å².